The van der Waals surface area contributed by atoms with Gasteiger partial charge in [0.05, 0.1) is 5.37 Å². The Morgan fingerprint density at radius 1 is 1.22 bits per heavy atom. The fourth-order valence-corrected chi connectivity index (χ4v) is 4.23. The van der Waals surface area contributed by atoms with Crippen molar-refractivity contribution >= 4 is 17.7 Å². The van der Waals surface area contributed by atoms with Gasteiger partial charge in [0, 0.05) is 5.75 Å². The normalized spacial score (nSPS) is 20.7. The molecule has 0 saturated carbocycles. The van der Waals surface area contributed by atoms with Gasteiger partial charge in [-0.15, -0.1) is 11.8 Å². The molecule has 0 spiro atoms. The Kier molecular flexibility index (Phi) is 7.96. The van der Waals surface area contributed by atoms with Gasteiger partial charge in [-0.05, 0) is 24.0 Å². The molecule has 128 valence electrons. The third kappa shape index (κ3) is 6.19. The number of hydrogen-bond donors (Lipinski definition) is 2. The van der Waals surface area contributed by atoms with Crippen LogP contribution in [0.15, 0.2) is 24.3 Å². The molecule has 1 unspecified atom stereocenters. The molecule has 2 rings (SSSR count). The van der Waals surface area contributed by atoms with E-state index < -0.39 is 12.0 Å². The van der Waals surface area contributed by atoms with E-state index in [1.165, 1.54) is 56.1 Å². The van der Waals surface area contributed by atoms with Crippen LogP contribution in [-0.2, 0) is 11.2 Å². The highest BCUT2D eigenvalue weighted by molar-refractivity contribution is 7.99. The number of hydrogen-bond acceptors (Lipinski definition) is 3. The molecule has 1 aliphatic rings. The Labute approximate surface area is 144 Å². The molecule has 1 saturated heterocycles. The number of carbonyl (C=O) groups is 1. The Morgan fingerprint density at radius 3 is 2.65 bits per heavy atom. The molecule has 3 nitrogen and oxygen atoms in total. The third-order valence-electron chi connectivity index (χ3n) is 4.40. The largest absolute Gasteiger partial charge is 0.480 e. The summed E-state index contributed by atoms with van der Waals surface area (Å²) in [7, 11) is 0. The van der Waals surface area contributed by atoms with Crippen molar-refractivity contribution in [3.63, 3.8) is 0 Å². The van der Waals surface area contributed by atoms with E-state index in [1.807, 2.05) is 0 Å². The first kappa shape index (κ1) is 18.3. The maximum atomic E-state index is 11.0. The lowest BCUT2D eigenvalue weighted by Gasteiger charge is -2.12. The maximum Gasteiger partial charge on any atom is 0.321 e. The van der Waals surface area contributed by atoms with Gasteiger partial charge in [-0.3, -0.25) is 10.1 Å². The highest BCUT2D eigenvalue weighted by Gasteiger charge is 2.30. The number of carboxylic acid groups (broad SMARTS) is 1. The van der Waals surface area contributed by atoms with Crippen molar-refractivity contribution < 1.29 is 9.90 Å². The number of aliphatic carboxylic acids is 1. The van der Waals surface area contributed by atoms with Crippen LogP contribution < -0.4 is 5.32 Å². The van der Waals surface area contributed by atoms with Crippen LogP contribution in [0, 0.1) is 0 Å². The molecule has 1 aliphatic heterocycles. The molecule has 1 fully saturated rings. The van der Waals surface area contributed by atoms with E-state index >= 15 is 0 Å². The summed E-state index contributed by atoms with van der Waals surface area (Å²) in [5.41, 5.74) is 2.58. The Hall–Kier alpha value is -1.00. The quantitative estimate of drug-likeness (QED) is 0.605. The van der Waals surface area contributed by atoms with Gasteiger partial charge in [-0.2, -0.15) is 0 Å². The van der Waals surface area contributed by atoms with Crippen molar-refractivity contribution in [1.82, 2.24) is 5.32 Å². The second-order valence-corrected chi connectivity index (χ2v) is 7.53. The molecule has 2 atom stereocenters. The third-order valence-corrected chi connectivity index (χ3v) is 5.67. The molecule has 0 radical (unpaired) electrons. The summed E-state index contributed by atoms with van der Waals surface area (Å²) in [5, 5.41) is 12.4. The van der Waals surface area contributed by atoms with E-state index in [2.05, 4.69) is 36.5 Å². The monoisotopic (exact) mass is 335 g/mol. The number of benzene rings is 1. The van der Waals surface area contributed by atoms with E-state index in [9.17, 15) is 4.79 Å². The summed E-state index contributed by atoms with van der Waals surface area (Å²) in [6.45, 7) is 2.25. The minimum atomic E-state index is -0.751. The van der Waals surface area contributed by atoms with E-state index in [0.717, 1.165) is 6.42 Å². The maximum absolute atomic E-state index is 11.0. The van der Waals surface area contributed by atoms with Crippen LogP contribution in [0.25, 0.3) is 0 Å². The SMILES string of the molecule is CCCCCCCCCc1cccc(C2N[C@H](C(=O)O)CS2)c1. The average Bonchev–Trinajstić information content (AvgIpc) is 3.05. The van der Waals surface area contributed by atoms with Crippen LogP contribution in [0.2, 0.25) is 0 Å². The molecular weight excluding hydrogens is 306 g/mol. The summed E-state index contributed by atoms with van der Waals surface area (Å²) < 4.78 is 0. The summed E-state index contributed by atoms with van der Waals surface area (Å²) in [5.74, 6) is -0.110. The molecule has 0 bridgehead atoms. The number of carboxylic acids is 1. The van der Waals surface area contributed by atoms with E-state index in [-0.39, 0.29) is 5.37 Å². The first-order chi connectivity index (χ1) is 11.2. The first-order valence-electron chi connectivity index (χ1n) is 8.90. The molecule has 0 aliphatic carbocycles. The van der Waals surface area contributed by atoms with Crippen LogP contribution in [0.4, 0.5) is 0 Å². The number of aryl methyl sites for hydroxylation is 1. The highest BCUT2D eigenvalue weighted by atomic mass is 32.2. The second kappa shape index (κ2) is 9.99. The van der Waals surface area contributed by atoms with Gasteiger partial charge < -0.3 is 5.11 Å². The smallest absolute Gasteiger partial charge is 0.321 e. The van der Waals surface area contributed by atoms with Crippen LogP contribution in [0.3, 0.4) is 0 Å². The molecule has 23 heavy (non-hydrogen) atoms. The lowest BCUT2D eigenvalue weighted by Crippen LogP contribution is -2.33. The van der Waals surface area contributed by atoms with Gasteiger partial charge in [0.15, 0.2) is 0 Å². The fourth-order valence-electron chi connectivity index (χ4n) is 3.00. The summed E-state index contributed by atoms with van der Waals surface area (Å²) in [6, 6.07) is 8.21. The van der Waals surface area contributed by atoms with Gasteiger partial charge in [-0.25, -0.2) is 0 Å². The number of unbranched alkanes of at least 4 members (excludes halogenated alkanes) is 6. The van der Waals surface area contributed by atoms with Gasteiger partial charge in [0.25, 0.3) is 0 Å². The topological polar surface area (TPSA) is 49.3 Å². The lowest BCUT2D eigenvalue weighted by atomic mass is 10.0. The second-order valence-electron chi connectivity index (χ2n) is 6.39. The molecular formula is C19H29NO2S. The molecule has 1 aromatic rings. The average molecular weight is 336 g/mol. The highest BCUT2D eigenvalue weighted by Crippen LogP contribution is 2.33. The molecule has 0 amide bonds. The zero-order chi connectivity index (χ0) is 16.5. The van der Waals surface area contributed by atoms with Crippen molar-refractivity contribution in [2.75, 3.05) is 5.75 Å². The van der Waals surface area contributed by atoms with Gasteiger partial charge in [0.1, 0.15) is 6.04 Å². The van der Waals surface area contributed by atoms with E-state index in [0.29, 0.717) is 5.75 Å². The van der Waals surface area contributed by atoms with Gasteiger partial charge in [-0.1, -0.05) is 69.7 Å². The van der Waals surface area contributed by atoms with Crippen molar-refractivity contribution in [3.05, 3.63) is 35.4 Å². The van der Waals surface area contributed by atoms with Crippen LogP contribution >= 0.6 is 11.8 Å². The number of thioether (sulfide) groups is 1. The first-order valence-corrected chi connectivity index (χ1v) is 9.95. The van der Waals surface area contributed by atoms with E-state index in [4.69, 9.17) is 5.11 Å². The molecule has 4 heteroatoms. The van der Waals surface area contributed by atoms with E-state index in [1.54, 1.807) is 11.8 Å². The standard InChI is InChI=1S/C19H29NO2S/c1-2-3-4-5-6-7-8-10-15-11-9-12-16(13-15)18-20-17(14-23-18)19(21)22/h9,11-13,17-18,20H,2-8,10,14H2,1H3,(H,21,22)/t17-,18?/m0/s1. The summed E-state index contributed by atoms with van der Waals surface area (Å²) in [6.07, 6.45) is 10.5. The zero-order valence-corrected chi connectivity index (χ0v) is 14.9. The van der Waals surface area contributed by atoms with Gasteiger partial charge in [0.2, 0.25) is 0 Å². The summed E-state index contributed by atoms with van der Waals surface area (Å²) >= 11 is 1.69. The molecule has 2 N–H and O–H groups in total. The Balaban J connectivity index is 1.73. The van der Waals surface area contributed by atoms with Gasteiger partial charge >= 0.3 is 5.97 Å². The summed E-state index contributed by atoms with van der Waals surface area (Å²) in [4.78, 5) is 11.0. The minimum absolute atomic E-state index is 0.116. The van der Waals surface area contributed by atoms with Crippen molar-refractivity contribution in [2.45, 2.75) is 69.7 Å². The minimum Gasteiger partial charge on any atom is -0.480 e. The lowest BCUT2D eigenvalue weighted by molar-refractivity contribution is -0.138. The molecule has 1 heterocycles. The molecule has 0 aromatic heterocycles. The number of nitrogens with one attached hydrogen (secondary N) is 1. The number of rotatable bonds is 10. The van der Waals surface area contributed by atoms with Crippen LogP contribution in [0.1, 0.15) is 68.4 Å². The predicted octanol–water partition coefficient (Wildman–Crippen LogP) is 4.77. The predicted molar refractivity (Wildman–Crippen MR) is 97.9 cm³/mol. The Morgan fingerprint density at radius 2 is 1.96 bits per heavy atom. The van der Waals surface area contributed by atoms with Crippen molar-refractivity contribution in [2.24, 2.45) is 0 Å². The van der Waals surface area contributed by atoms with Crippen molar-refractivity contribution in [3.8, 4) is 0 Å². The van der Waals surface area contributed by atoms with Crippen LogP contribution in [-0.4, -0.2) is 22.9 Å². The Bertz CT molecular complexity index is 492. The van der Waals surface area contributed by atoms with Crippen molar-refractivity contribution in [1.29, 1.82) is 0 Å². The van der Waals surface area contributed by atoms with Crippen LogP contribution in [0.5, 0.6) is 0 Å². The molecule has 1 aromatic carbocycles. The fraction of sp³-hybridized carbons (Fsp3) is 0.632. The zero-order valence-electron chi connectivity index (χ0n) is 14.1.